The molecule has 1 heterocycles. The second kappa shape index (κ2) is 36.7. The SMILES string of the molecule is CCCCC/C=C\CCCCCCC(O)C(=O)NC(COC1OC(CO)C(O)C(O)C1O)C(O)C(O)CCCCCCCCCCCCCCCCCCCCC. The summed E-state index contributed by atoms with van der Waals surface area (Å²) in [4.78, 5) is 13.0. The van der Waals surface area contributed by atoms with Gasteiger partial charge in [0.15, 0.2) is 6.29 Å². The zero-order chi connectivity index (χ0) is 41.9. The van der Waals surface area contributed by atoms with Crippen molar-refractivity contribution in [3.05, 3.63) is 12.2 Å². The standard InChI is InChI=1S/C46H89NO10/c1-3-5-7-9-11-13-15-16-17-18-19-20-21-22-24-25-27-29-31-33-38(49)41(51)37(36-56-46-44(54)43(53)42(52)40(35-48)57-46)47-45(55)39(50)34-32-30-28-26-23-14-12-10-8-6-4-2/h12,14,37-44,46,48-54H,3-11,13,15-36H2,1-2H3,(H,47,55)/b14-12-. The van der Waals surface area contributed by atoms with Gasteiger partial charge >= 0.3 is 0 Å². The van der Waals surface area contributed by atoms with Crippen LogP contribution in [0.4, 0.5) is 0 Å². The number of hydrogen-bond donors (Lipinski definition) is 8. The predicted octanol–water partition coefficient (Wildman–Crippen LogP) is 7.67. The molecule has 0 aromatic heterocycles. The van der Waals surface area contributed by atoms with E-state index < -0.39 is 74.2 Å². The summed E-state index contributed by atoms with van der Waals surface area (Å²) in [5, 5.41) is 75.6. The fourth-order valence-corrected chi connectivity index (χ4v) is 7.61. The van der Waals surface area contributed by atoms with Crippen LogP contribution in [0.1, 0.15) is 206 Å². The first kappa shape index (κ1) is 53.9. The first-order chi connectivity index (χ1) is 27.7. The summed E-state index contributed by atoms with van der Waals surface area (Å²) in [6.45, 7) is 3.41. The van der Waals surface area contributed by atoms with Gasteiger partial charge in [0.1, 0.15) is 36.6 Å². The lowest BCUT2D eigenvalue weighted by Gasteiger charge is -2.40. The Kier molecular flexibility index (Phi) is 34.7. The maximum Gasteiger partial charge on any atom is 0.249 e. The average Bonchev–Trinajstić information content (AvgIpc) is 3.21. The van der Waals surface area contributed by atoms with Crippen molar-refractivity contribution in [2.24, 2.45) is 0 Å². The van der Waals surface area contributed by atoms with Crippen LogP contribution in [-0.2, 0) is 14.3 Å². The fraction of sp³-hybridized carbons (Fsp3) is 0.935. The summed E-state index contributed by atoms with van der Waals surface area (Å²) in [5.41, 5.74) is 0. The fourth-order valence-electron chi connectivity index (χ4n) is 7.61. The number of allylic oxidation sites excluding steroid dienone is 2. The van der Waals surface area contributed by atoms with Crippen molar-refractivity contribution >= 4 is 5.91 Å². The van der Waals surface area contributed by atoms with Crippen LogP contribution in [0.2, 0.25) is 0 Å². The number of hydrogen-bond acceptors (Lipinski definition) is 10. The van der Waals surface area contributed by atoms with Gasteiger partial charge in [-0.25, -0.2) is 0 Å². The zero-order valence-electron chi connectivity index (χ0n) is 36.3. The molecule has 1 fully saturated rings. The highest BCUT2D eigenvalue weighted by Gasteiger charge is 2.44. The van der Waals surface area contributed by atoms with E-state index >= 15 is 0 Å². The molecule has 0 bridgehead atoms. The van der Waals surface area contributed by atoms with Gasteiger partial charge in [0.25, 0.3) is 0 Å². The van der Waals surface area contributed by atoms with Crippen molar-refractivity contribution in [3.63, 3.8) is 0 Å². The predicted molar refractivity (Wildman–Crippen MR) is 229 cm³/mol. The molecule has 338 valence electrons. The molecule has 0 aromatic rings. The molecule has 1 saturated heterocycles. The summed E-state index contributed by atoms with van der Waals surface area (Å²) in [6, 6.07) is -1.17. The number of ether oxygens (including phenoxy) is 2. The summed E-state index contributed by atoms with van der Waals surface area (Å²) in [5.74, 6) is -0.706. The summed E-state index contributed by atoms with van der Waals surface area (Å²) < 4.78 is 11.1. The third kappa shape index (κ3) is 26.6. The van der Waals surface area contributed by atoms with Crippen LogP contribution in [0.15, 0.2) is 12.2 Å². The molecule has 1 aliphatic rings. The molecule has 8 N–H and O–H groups in total. The molecule has 57 heavy (non-hydrogen) atoms. The minimum Gasteiger partial charge on any atom is -0.394 e. The second-order valence-electron chi connectivity index (χ2n) is 16.8. The molecular formula is C46H89NO10. The van der Waals surface area contributed by atoms with E-state index in [1.54, 1.807) is 0 Å². The Bertz CT molecular complexity index is 939. The molecule has 11 nitrogen and oxygen atoms in total. The molecule has 1 aliphatic heterocycles. The van der Waals surface area contributed by atoms with Crippen molar-refractivity contribution in [1.29, 1.82) is 0 Å². The quantitative estimate of drug-likeness (QED) is 0.0226. The molecule has 1 amide bonds. The lowest BCUT2D eigenvalue weighted by molar-refractivity contribution is -0.303. The summed E-state index contributed by atoms with van der Waals surface area (Å²) in [7, 11) is 0. The van der Waals surface area contributed by atoms with Gasteiger partial charge in [0.05, 0.1) is 25.4 Å². The molecule has 1 rings (SSSR count). The smallest absolute Gasteiger partial charge is 0.249 e. The number of rotatable bonds is 39. The number of nitrogens with one attached hydrogen (secondary N) is 1. The van der Waals surface area contributed by atoms with E-state index in [2.05, 4.69) is 31.3 Å². The minimum atomic E-state index is -1.66. The van der Waals surface area contributed by atoms with Gasteiger partial charge in [-0.15, -0.1) is 0 Å². The normalized spacial score (nSPS) is 22.2. The molecule has 9 atom stereocenters. The zero-order valence-corrected chi connectivity index (χ0v) is 36.3. The van der Waals surface area contributed by atoms with E-state index in [4.69, 9.17) is 9.47 Å². The Hall–Kier alpha value is -1.15. The summed E-state index contributed by atoms with van der Waals surface area (Å²) in [6.07, 6.45) is 26.9. The van der Waals surface area contributed by atoms with Crippen LogP contribution >= 0.6 is 0 Å². The molecule has 0 aromatic carbocycles. The van der Waals surface area contributed by atoms with Crippen molar-refractivity contribution in [2.45, 2.75) is 262 Å². The largest absolute Gasteiger partial charge is 0.394 e. The van der Waals surface area contributed by atoms with Crippen molar-refractivity contribution in [2.75, 3.05) is 13.2 Å². The van der Waals surface area contributed by atoms with Crippen LogP contribution in [0.3, 0.4) is 0 Å². The maximum atomic E-state index is 13.0. The van der Waals surface area contributed by atoms with E-state index in [9.17, 15) is 40.5 Å². The minimum absolute atomic E-state index is 0.247. The third-order valence-corrected chi connectivity index (χ3v) is 11.6. The van der Waals surface area contributed by atoms with Gasteiger partial charge in [-0.1, -0.05) is 180 Å². The molecule has 0 radical (unpaired) electrons. The van der Waals surface area contributed by atoms with E-state index in [0.29, 0.717) is 19.3 Å². The number of carbonyl (C=O) groups excluding carboxylic acids is 1. The lowest BCUT2D eigenvalue weighted by Crippen LogP contribution is -2.60. The number of carbonyl (C=O) groups is 1. The van der Waals surface area contributed by atoms with E-state index in [1.165, 1.54) is 116 Å². The molecule has 0 saturated carbocycles. The summed E-state index contributed by atoms with van der Waals surface area (Å²) >= 11 is 0. The van der Waals surface area contributed by atoms with Gasteiger partial charge < -0.3 is 50.5 Å². The Morgan fingerprint density at radius 3 is 1.51 bits per heavy atom. The van der Waals surface area contributed by atoms with Crippen LogP contribution < -0.4 is 5.32 Å². The number of aliphatic hydroxyl groups is 7. The molecule has 11 heteroatoms. The van der Waals surface area contributed by atoms with Gasteiger partial charge in [0, 0.05) is 0 Å². The van der Waals surface area contributed by atoms with Crippen LogP contribution in [0, 0.1) is 0 Å². The first-order valence-electron chi connectivity index (χ1n) is 23.6. The molecule has 9 unspecified atom stereocenters. The van der Waals surface area contributed by atoms with E-state index in [0.717, 1.165) is 51.4 Å². The van der Waals surface area contributed by atoms with Crippen molar-refractivity contribution in [1.82, 2.24) is 5.32 Å². The van der Waals surface area contributed by atoms with Gasteiger partial charge in [-0.3, -0.25) is 4.79 Å². The van der Waals surface area contributed by atoms with E-state index in [1.807, 2.05) is 0 Å². The van der Waals surface area contributed by atoms with Crippen LogP contribution in [-0.4, -0.2) is 110 Å². The molecule has 0 spiro atoms. The average molecular weight is 816 g/mol. The third-order valence-electron chi connectivity index (χ3n) is 11.6. The van der Waals surface area contributed by atoms with Gasteiger partial charge in [-0.2, -0.15) is 0 Å². The number of aliphatic hydroxyl groups excluding tert-OH is 7. The highest BCUT2D eigenvalue weighted by Crippen LogP contribution is 2.23. The lowest BCUT2D eigenvalue weighted by atomic mass is 9.98. The van der Waals surface area contributed by atoms with Gasteiger partial charge in [0.2, 0.25) is 5.91 Å². The Morgan fingerprint density at radius 1 is 0.596 bits per heavy atom. The highest BCUT2D eigenvalue weighted by atomic mass is 16.7. The number of unbranched alkanes of at least 4 members (excludes halogenated alkanes) is 25. The second-order valence-corrected chi connectivity index (χ2v) is 16.8. The molecular weight excluding hydrogens is 727 g/mol. The monoisotopic (exact) mass is 816 g/mol. The Balaban J connectivity index is 2.42. The van der Waals surface area contributed by atoms with Crippen LogP contribution in [0.5, 0.6) is 0 Å². The highest BCUT2D eigenvalue weighted by molar-refractivity contribution is 5.80. The van der Waals surface area contributed by atoms with Crippen molar-refractivity contribution < 1.29 is 50.0 Å². The van der Waals surface area contributed by atoms with Crippen LogP contribution in [0.25, 0.3) is 0 Å². The first-order valence-corrected chi connectivity index (χ1v) is 23.6. The maximum absolute atomic E-state index is 13.0. The Labute approximate surface area is 347 Å². The van der Waals surface area contributed by atoms with E-state index in [-0.39, 0.29) is 6.42 Å². The topological polar surface area (TPSA) is 189 Å². The number of amides is 1. The van der Waals surface area contributed by atoms with Crippen molar-refractivity contribution in [3.8, 4) is 0 Å². The Morgan fingerprint density at radius 2 is 1.02 bits per heavy atom. The van der Waals surface area contributed by atoms with Gasteiger partial charge in [-0.05, 0) is 38.5 Å². The molecule has 0 aliphatic carbocycles.